The van der Waals surface area contributed by atoms with Crippen molar-refractivity contribution in [1.82, 2.24) is 4.98 Å². The van der Waals surface area contributed by atoms with Gasteiger partial charge in [-0.3, -0.25) is 9.78 Å². The van der Waals surface area contributed by atoms with Gasteiger partial charge < -0.3 is 14.6 Å². The lowest BCUT2D eigenvalue weighted by Gasteiger charge is -2.13. The van der Waals surface area contributed by atoms with Gasteiger partial charge in [-0.1, -0.05) is 24.3 Å². The highest BCUT2D eigenvalue weighted by Crippen LogP contribution is 2.32. The van der Waals surface area contributed by atoms with Gasteiger partial charge in [0.15, 0.2) is 0 Å². The molecule has 0 aliphatic heterocycles. The topological polar surface area (TPSA) is 68.7 Å². The van der Waals surface area contributed by atoms with Crippen molar-refractivity contribution in [1.29, 1.82) is 0 Å². The summed E-state index contributed by atoms with van der Waals surface area (Å²) in [5.41, 5.74) is 6.12. The van der Waals surface area contributed by atoms with Crippen LogP contribution in [0.25, 0.3) is 22.4 Å². The maximum Gasteiger partial charge on any atom is 0.303 e. The Morgan fingerprint density at radius 2 is 1.67 bits per heavy atom. The largest absolute Gasteiger partial charge is 0.497 e. The lowest BCUT2D eigenvalue weighted by Crippen LogP contribution is -2.00. The predicted octanol–water partition coefficient (Wildman–Crippen LogP) is 5.02. The van der Waals surface area contributed by atoms with Crippen LogP contribution >= 0.6 is 0 Å². The van der Waals surface area contributed by atoms with E-state index in [1.807, 2.05) is 61.7 Å². The Balaban J connectivity index is 1.95. The first-order chi connectivity index (χ1) is 14.6. The van der Waals surface area contributed by atoms with Crippen molar-refractivity contribution in [2.45, 2.75) is 26.2 Å². The average molecular weight is 405 g/mol. The van der Waals surface area contributed by atoms with E-state index in [4.69, 9.17) is 19.6 Å². The number of aromatic nitrogens is 1. The van der Waals surface area contributed by atoms with E-state index < -0.39 is 5.97 Å². The molecule has 0 amide bonds. The number of hydrogen-bond donors (Lipinski definition) is 1. The van der Waals surface area contributed by atoms with Crippen LogP contribution in [0.15, 0.2) is 60.8 Å². The van der Waals surface area contributed by atoms with Crippen molar-refractivity contribution >= 4 is 5.97 Å². The summed E-state index contributed by atoms with van der Waals surface area (Å²) >= 11 is 0. The summed E-state index contributed by atoms with van der Waals surface area (Å²) in [5.74, 6) is 0.0171. The number of carboxylic acids is 1. The Hall–Kier alpha value is -3.18. The molecule has 1 N–H and O–H groups in total. The molecular weight excluding hydrogens is 378 g/mol. The number of pyridine rings is 1. The Morgan fingerprint density at radius 1 is 0.967 bits per heavy atom. The Labute approximate surface area is 177 Å². The SMILES string of the molecule is CCOCCc1cnc(-c2ccc(OC)cc2)c(-c2ccc(CCC(=O)O)cc2)c1. The molecule has 1 aromatic heterocycles. The number of nitrogens with zero attached hydrogens (tertiary/aromatic N) is 1. The van der Waals surface area contributed by atoms with Crippen LogP contribution < -0.4 is 4.74 Å². The molecule has 3 aromatic rings. The van der Waals surface area contributed by atoms with Crippen molar-refractivity contribution in [2.75, 3.05) is 20.3 Å². The second-order valence-corrected chi connectivity index (χ2v) is 7.01. The highest BCUT2D eigenvalue weighted by atomic mass is 16.5. The van der Waals surface area contributed by atoms with E-state index in [-0.39, 0.29) is 6.42 Å². The summed E-state index contributed by atoms with van der Waals surface area (Å²) in [5, 5.41) is 8.90. The van der Waals surface area contributed by atoms with Crippen molar-refractivity contribution < 1.29 is 19.4 Å². The molecule has 0 aliphatic carbocycles. The minimum absolute atomic E-state index is 0.130. The fraction of sp³-hybridized carbons (Fsp3) is 0.280. The van der Waals surface area contributed by atoms with Crippen LogP contribution in [0.3, 0.4) is 0 Å². The number of carboxylic acid groups (broad SMARTS) is 1. The number of carbonyl (C=O) groups is 1. The number of aryl methyl sites for hydroxylation is 1. The Morgan fingerprint density at radius 3 is 2.30 bits per heavy atom. The normalized spacial score (nSPS) is 10.7. The van der Waals surface area contributed by atoms with Gasteiger partial charge in [0, 0.05) is 30.4 Å². The lowest BCUT2D eigenvalue weighted by molar-refractivity contribution is -0.136. The van der Waals surface area contributed by atoms with Crippen LogP contribution in [0, 0.1) is 0 Å². The zero-order valence-corrected chi connectivity index (χ0v) is 17.4. The fourth-order valence-corrected chi connectivity index (χ4v) is 3.28. The standard InChI is InChI=1S/C25H27NO4/c1-3-30-15-14-19-16-23(20-7-4-18(5-8-20)6-13-24(27)28)25(26-17-19)21-9-11-22(29-2)12-10-21/h4-5,7-12,16-17H,3,6,13-15H2,1-2H3,(H,27,28). The van der Waals surface area contributed by atoms with Gasteiger partial charge >= 0.3 is 5.97 Å². The Bertz CT molecular complexity index is 965. The van der Waals surface area contributed by atoms with E-state index >= 15 is 0 Å². The maximum atomic E-state index is 10.8. The number of hydrogen-bond acceptors (Lipinski definition) is 4. The number of methoxy groups -OCH3 is 1. The van der Waals surface area contributed by atoms with E-state index in [0.29, 0.717) is 19.6 Å². The summed E-state index contributed by atoms with van der Waals surface area (Å²) in [6.45, 7) is 3.35. The fourth-order valence-electron chi connectivity index (χ4n) is 3.28. The third kappa shape index (κ3) is 5.67. The van der Waals surface area contributed by atoms with Gasteiger partial charge in [0.05, 0.1) is 19.4 Å². The lowest BCUT2D eigenvalue weighted by atomic mass is 9.96. The Kier molecular flexibility index (Phi) is 7.57. The molecule has 0 bridgehead atoms. The molecular formula is C25H27NO4. The molecule has 3 rings (SSSR count). The van der Waals surface area contributed by atoms with Gasteiger partial charge in [-0.05, 0) is 66.8 Å². The summed E-state index contributed by atoms with van der Waals surface area (Å²) in [7, 11) is 1.65. The quantitative estimate of drug-likeness (QED) is 0.480. The molecule has 0 atom stereocenters. The van der Waals surface area contributed by atoms with E-state index in [1.54, 1.807) is 7.11 Å². The minimum Gasteiger partial charge on any atom is -0.497 e. The smallest absolute Gasteiger partial charge is 0.303 e. The van der Waals surface area contributed by atoms with Crippen LogP contribution in [0.5, 0.6) is 5.75 Å². The third-order valence-corrected chi connectivity index (χ3v) is 4.94. The molecule has 0 saturated heterocycles. The molecule has 5 nitrogen and oxygen atoms in total. The van der Waals surface area contributed by atoms with Crippen molar-refractivity contribution in [2.24, 2.45) is 0 Å². The second kappa shape index (κ2) is 10.6. The zero-order valence-electron chi connectivity index (χ0n) is 17.4. The van der Waals surface area contributed by atoms with Gasteiger partial charge in [0.1, 0.15) is 5.75 Å². The summed E-state index contributed by atoms with van der Waals surface area (Å²) < 4.78 is 10.8. The van der Waals surface area contributed by atoms with E-state index in [2.05, 4.69) is 6.07 Å². The molecule has 1 heterocycles. The number of ether oxygens (including phenoxy) is 2. The van der Waals surface area contributed by atoms with Crippen molar-refractivity contribution in [3.63, 3.8) is 0 Å². The number of aliphatic carboxylic acids is 1. The van der Waals surface area contributed by atoms with Gasteiger partial charge in [0.25, 0.3) is 0 Å². The van der Waals surface area contributed by atoms with Crippen LogP contribution in [-0.2, 0) is 22.4 Å². The highest BCUT2D eigenvalue weighted by Gasteiger charge is 2.11. The minimum atomic E-state index is -0.785. The molecule has 0 fully saturated rings. The van der Waals surface area contributed by atoms with E-state index in [0.717, 1.165) is 45.7 Å². The van der Waals surface area contributed by atoms with Gasteiger partial charge in [-0.2, -0.15) is 0 Å². The second-order valence-electron chi connectivity index (χ2n) is 7.01. The molecule has 0 spiro atoms. The molecule has 0 aliphatic rings. The van der Waals surface area contributed by atoms with Crippen molar-refractivity contribution in [3.8, 4) is 28.1 Å². The van der Waals surface area contributed by atoms with Crippen LogP contribution in [0.2, 0.25) is 0 Å². The molecule has 0 saturated carbocycles. The van der Waals surface area contributed by atoms with Gasteiger partial charge in [-0.15, -0.1) is 0 Å². The molecule has 156 valence electrons. The average Bonchev–Trinajstić information content (AvgIpc) is 2.78. The molecule has 0 radical (unpaired) electrons. The number of benzene rings is 2. The monoisotopic (exact) mass is 405 g/mol. The first kappa shape index (κ1) is 21.5. The van der Waals surface area contributed by atoms with Crippen LogP contribution in [0.1, 0.15) is 24.5 Å². The third-order valence-electron chi connectivity index (χ3n) is 4.94. The first-order valence-electron chi connectivity index (χ1n) is 10.1. The van der Waals surface area contributed by atoms with Crippen LogP contribution in [0.4, 0.5) is 0 Å². The molecule has 5 heteroatoms. The molecule has 2 aromatic carbocycles. The first-order valence-corrected chi connectivity index (χ1v) is 10.1. The summed E-state index contributed by atoms with van der Waals surface area (Å²) in [4.78, 5) is 15.6. The van der Waals surface area contributed by atoms with Crippen LogP contribution in [-0.4, -0.2) is 36.4 Å². The summed E-state index contributed by atoms with van der Waals surface area (Å²) in [6.07, 6.45) is 3.36. The van der Waals surface area contributed by atoms with Gasteiger partial charge in [-0.25, -0.2) is 0 Å². The van der Waals surface area contributed by atoms with Gasteiger partial charge in [0.2, 0.25) is 0 Å². The molecule has 30 heavy (non-hydrogen) atoms. The van der Waals surface area contributed by atoms with Crippen molar-refractivity contribution in [3.05, 3.63) is 71.9 Å². The van der Waals surface area contributed by atoms with E-state index in [1.165, 1.54) is 0 Å². The summed E-state index contributed by atoms with van der Waals surface area (Å²) in [6, 6.07) is 18.1. The maximum absolute atomic E-state index is 10.8. The number of rotatable bonds is 10. The highest BCUT2D eigenvalue weighted by molar-refractivity contribution is 5.81. The zero-order chi connectivity index (χ0) is 21.3. The van der Waals surface area contributed by atoms with E-state index in [9.17, 15) is 4.79 Å². The predicted molar refractivity (Wildman–Crippen MR) is 118 cm³/mol. The molecule has 0 unspecified atom stereocenters.